The minimum atomic E-state index is -1.02. The Labute approximate surface area is 141 Å². The molecule has 0 amide bonds. The van der Waals surface area contributed by atoms with E-state index >= 15 is 0 Å². The average molecular weight is 383 g/mol. The van der Waals surface area contributed by atoms with Crippen molar-refractivity contribution in [2.45, 2.75) is 12.8 Å². The maximum absolute atomic E-state index is 12.7. The second-order valence-electron chi connectivity index (χ2n) is 4.52. The number of hydrogen-bond donors (Lipinski definition) is 0. The largest absolute Gasteiger partial charge is 0.292 e. The van der Waals surface area contributed by atoms with Crippen LogP contribution in [0.5, 0.6) is 0 Å². The Morgan fingerprint density at radius 3 is 2.38 bits per heavy atom. The van der Waals surface area contributed by atoms with E-state index in [4.69, 9.17) is 23.2 Å². The predicted octanol–water partition coefficient (Wildman–Crippen LogP) is 5.55. The van der Waals surface area contributed by atoms with Crippen LogP contribution in [0.4, 0.5) is 0 Å². The summed E-state index contributed by atoms with van der Waals surface area (Å²) in [6.07, 6.45) is 0. The second-order valence-corrected chi connectivity index (χ2v) is 6.25. The first kappa shape index (κ1) is 16.0. The summed E-state index contributed by atoms with van der Waals surface area (Å²) >= 11 is 15.6. The van der Waals surface area contributed by atoms with E-state index in [0.717, 1.165) is 10.0 Å². The number of hydrogen-bond acceptors (Lipinski definition) is 2. The summed E-state index contributed by atoms with van der Waals surface area (Å²) in [5, 5.41) is 10.0. The van der Waals surface area contributed by atoms with Gasteiger partial charge in [0, 0.05) is 25.6 Å². The fourth-order valence-electron chi connectivity index (χ4n) is 2.10. The van der Waals surface area contributed by atoms with E-state index in [9.17, 15) is 10.1 Å². The van der Waals surface area contributed by atoms with E-state index in [-0.39, 0.29) is 5.78 Å². The normalized spacial score (nSPS) is 11.8. The van der Waals surface area contributed by atoms with Gasteiger partial charge < -0.3 is 0 Å². The molecule has 0 aliphatic heterocycles. The second kappa shape index (κ2) is 6.62. The van der Waals surface area contributed by atoms with Crippen LogP contribution in [0.15, 0.2) is 40.9 Å². The summed E-state index contributed by atoms with van der Waals surface area (Å²) in [6.45, 7) is 1.82. The summed E-state index contributed by atoms with van der Waals surface area (Å²) in [4.78, 5) is 12.7. The highest BCUT2D eigenvalue weighted by Crippen LogP contribution is 2.34. The molecule has 5 heteroatoms. The van der Waals surface area contributed by atoms with Gasteiger partial charge in [-0.1, -0.05) is 45.2 Å². The number of Topliss-reactive ketones (excluding diaryl/α,β-unsaturated/α-hetero) is 1. The van der Waals surface area contributed by atoms with E-state index in [1.165, 1.54) is 0 Å². The van der Waals surface area contributed by atoms with E-state index in [1.54, 1.807) is 30.3 Å². The Bertz CT molecular complexity index is 732. The van der Waals surface area contributed by atoms with Gasteiger partial charge in [-0.15, -0.1) is 0 Å². The van der Waals surface area contributed by atoms with Crippen molar-refractivity contribution in [2.24, 2.45) is 0 Å². The van der Waals surface area contributed by atoms with E-state index in [2.05, 4.69) is 15.9 Å². The monoisotopic (exact) mass is 381 g/mol. The highest BCUT2D eigenvalue weighted by atomic mass is 79.9. The van der Waals surface area contributed by atoms with Gasteiger partial charge in [0.05, 0.1) is 6.07 Å². The standard InChI is InChI=1S/C16H10BrCl2NO/c1-9-7-10(17)5-6-11(9)16(21)12(8-20)15-13(18)3-2-4-14(15)19/h2-7,12H,1H3. The van der Waals surface area contributed by atoms with Crippen molar-refractivity contribution in [3.8, 4) is 6.07 Å². The Morgan fingerprint density at radius 1 is 1.24 bits per heavy atom. The lowest BCUT2D eigenvalue weighted by Gasteiger charge is -2.14. The van der Waals surface area contributed by atoms with Gasteiger partial charge in [0.25, 0.3) is 0 Å². The van der Waals surface area contributed by atoms with E-state index in [1.807, 2.05) is 19.1 Å². The molecule has 1 unspecified atom stereocenters. The van der Waals surface area contributed by atoms with Crippen molar-refractivity contribution in [1.29, 1.82) is 5.26 Å². The van der Waals surface area contributed by atoms with Crippen LogP contribution in [0.1, 0.15) is 27.4 Å². The topological polar surface area (TPSA) is 40.9 Å². The summed E-state index contributed by atoms with van der Waals surface area (Å²) < 4.78 is 0.876. The van der Waals surface area contributed by atoms with Gasteiger partial charge in [-0.2, -0.15) is 5.26 Å². The number of nitrogens with zero attached hydrogens (tertiary/aromatic N) is 1. The summed E-state index contributed by atoms with van der Waals surface area (Å²) in [5.41, 5.74) is 1.63. The molecule has 0 aliphatic carbocycles. The molecule has 2 rings (SSSR count). The number of halogens is 3. The highest BCUT2D eigenvalue weighted by Gasteiger charge is 2.27. The Balaban J connectivity index is 2.52. The van der Waals surface area contributed by atoms with Crippen LogP contribution >= 0.6 is 39.1 Å². The van der Waals surface area contributed by atoms with Crippen molar-refractivity contribution in [1.82, 2.24) is 0 Å². The smallest absolute Gasteiger partial charge is 0.184 e. The molecular weight excluding hydrogens is 373 g/mol. The van der Waals surface area contributed by atoms with Crippen LogP contribution in [-0.2, 0) is 0 Å². The van der Waals surface area contributed by atoms with Crippen LogP contribution in [0, 0.1) is 18.3 Å². The number of carbonyl (C=O) groups is 1. The number of ketones is 1. The summed E-state index contributed by atoms with van der Waals surface area (Å²) in [6, 6.07) is 12.2. The van der Waals surface area contributed by atoms with Gasteiger partial charge in [0.2, 0.25) is 0 Å². The first-order valence-electron chi connectivity index (χ1n) is 6.09. The van der Waals surface area contributed by atoms with Gasteiger partial charge in [-0.25, -0.2) is 0 Å². The third-order valence-electron chi connectivity index (χ3n) is 3.13. The lowest BCUT2D eigenvalue weighted by molar-refractivity contribution is 0.0978. The Hall–Kier alpha value is -1.34. The number of rotatable bonds is 3. The van der Waals surface area contributed by atoms with Crippen LogP contribution in [0.3, 0.4) is 0 Å². The quantitative estimate of drug-likeness (QED) is 0.652. The fraction of sp³-hybridized carbons (Fsp3) is 0.125. The lowest BCUT2D eigenvalue weighted by Crippen LogP contribution is -2.13. The molecule has 0 radical (unpaired) electrons. The minimum absolute atomic E-state index is 0.308. The van der Waals surface area contributed by atoms with Gasteiger partial charge in [-0.3, -0.25) is 4.79 Å². The number of aryl methyl sites for hydroxylation is 1. The molecular formula is C16H10BrCl2NO. The molecule has 1 atom stereocenters. The molecule has 0 spiro atoms. The molecule has 2 aromatic rings. The predicted molar refractivity (Wildman–Crippen MR) is 88.0 cm³/mol. The molecule has 0 fully saturated rings. The van der Waals surface area contributed by atoms with Gasteiger partial charge in [-0.05, 0) is 42.8 Å². The molecule has 0 aliphatic rings. The molecule has 0 saturated heterocycles. The maximum Gasteiger partial charge on any atom is 0.184 e. The Morgan fingerprint density at radius 2 is 1.86 bits per heavy atom. The van der Waals surface area contributed by atoms with E-state index in [0.29, 0.717) is 21.2 Å². The number of benzene rings is 2. The van der Waals surface area contributed by atoms with Crippen LogP contribution < -0.4 is 0 Å². The van der Waals surface area contributed by atoms with E-state index < -0.39 is 5.92 Å². The zero-order valence-electron chi connectivity index (χ0n) is 11.0. The lowest BCUT2D eigenvalue weighted by atomic mass is 9.90. The van der Waals surface area contributed by atoms with Crippen molar-refractivity contribution >= 4 is 44.9 Å². The average Bonchev–Trinajstić information content (AvgIpc) is 2.42. The number of carbonyl (C=O) groups excluding carboxylic acids is 1. The first-order chi connectivity index (χ1) is 9.95. The summed E-state index contributed by atoms with van der Waals surface area (Å²) in [7, 11) is 0. The molecule has 0 saturated carbocycles. The van der Waals surface area contributed by atoms with Crippen LogP contribution in [0.2, 0.25) is 10.0 Å². The van der Waals surface area contributed by atoms with Crippen LogP contribution in [0.25, 0.3) is 0 Å². The van der Waals surface area contributed by atoms with Crippen molar-refractivity contribution in [3.05, 3.63) is 67.6 Å². The van der Waals surface area contributed by atoms with Gasteiger partial charge in [0.15, 0.2) is 5.78 Å². The van der Waals surface area contributed by atoms with Crippen LogP contribution in [-0.4, -0.2) is 5.78 Å². The minimum Gasteiger partial charge on any atom is -0.292 e. The first-order valence-corrected chi connectivity index (χ1v) is 7.64. The molecule has 21 heavy (non-hydrogen) atoms. The van der Waals surface area contributed by atoms with Crippen molar-refractivity contribution in [3.63, 3.8) is 0 Å². The maximum atomic E-state index is 12.7. The molecule has 2 nitrogen and oxygen atoms in total. The molecule has 0 aromatic heterocycles. The van der Waals surface area contributed by atoms with Gasteiger partial charge in [0.1, 0.15) is 5.92 Å². The molecule has 2 aromatic carbocycles. The number of nitriles is 1. The Kier molecular flexibility index (Phi) is 5.05. The highest BCUT2D eigenvalue weighted by molar-refractivity contribution is 9.10. The summed E-state index contributed by atoms with van der Waals surface area (Å²) in [5.74, 6) is -1.33. The van der Waals surface area contributed by atoms with Gasteiger partial charge >= 0.3 is 0 Å². The zero-order valence-corrected chi connectivity index (χ0v) is 14.1. The molecule has 106 valence electrons. The van der Waals surface area contributed by atoms with Crippen molar-refractivity contribution < 1.29 is 4.79 Å². The molecule has 0 heterocycles. The SMILES string of the molecule is Cc1cc(Br)ccc1C(=O)C(C#N)c1c(Cl)cccc1Cl. The fourth-order valence-corrected chi connectivity index (χ4v) is 3.19. The zero-order chi connectivity index (χ0) is 15.6. The third kappa shape index (κ3) is 3.29. The third-order valence-corrected chi connectivity index (χ3v) is 4.29. The molecule has 0 N–H and O–H groups in total. The molecule has 0 bridgehead atoms. The van der Waals surface area contributed by atoms with Crippen molar-refractivity contribution in [2.75, 3.05) is 0 Å².